The molecule has 0 aromatic carbocycles. The van der Waals surface area contributed by atoms with Crippen LogP contribution in [-0.4, -0.2) is 18.0 Å². The van der Waals surface area contributed by atoms with Gasteiger partial charge in [0.2, 0.25) is 5.91 Å². The van der Waals surface area contributed by atoms with Crippen molar-refractivity contribution in [3.63, 3.8) is 0 Å². The molecule has 2 fully saturated rings. The lowest BCUT2D eigenvalue weighted by atomic mass is 9.92. The van der Waals surface area contributed by atoms with Crippen molar-refractivity contribution in [3.8, 4) is 0 Å². The number of likely N-dealkylation sites (N-methyl/N-ethyl adjacent to an activating group) is 1. The molecule has 3 unspecified atom stereocenters. The Labute approximate surface area is 72.7 Å². The Morgan fingerprint density at radius 2 is 2.50 bits per heavy atom. The summed E-state index contributed by atoms with van der Waals surface area (Å²) in [6, 6.07) is 0. The summed E-state index contributed by atoms with van der Waals surface area (Å²) in [6.45, 7) is 2.87. The zero-order valence-corrected chi connectivity index (χ0v) is 7.47. The van der Waals surface area contributed by atoms with Crippen molar-refractivity contribution in [2.45, 2.75) is 31.7 Å². The molecule has 0 saturated heterocycles. The van der Waals surface area contributed by atoms with Gasteiger partial charge in [-0.25, -0.2) is 0 Å². The summed E-state index contributed by atoms with van der Waals surface area (Å²) in [4.78, 5) is 11.3. The second-order valence-electron chi connectivity index (χ2n) is 4.01. The number of primary amides is 1. The molecule has 2 saturated carbocycles. The van der Waals surface area contributed by atoms with Crippen LogP contribution in [0.5, 0.6) is 0 Å². The maximum atomic E-state index is 11.3. The minimum absolute atomic E-state index is 0.144. The summed E-state index contributed by atoms with van der Waals surface area (Å²) in [5, 5.41) is 3.27. The number of carbonyl (C=O) groups excluding carboxylic acids is 1. The summed E-state index contributed by atoms with van der Waals surface area (Å²) in [6.07, 6.45) is 3.34. The average molecular weight is 168 g/mol. The highest BCUT2D eigenvalue weighted by Crippen LogP contribution is 2.57. The van der Waals surface area contributed by atoms with Crippen LogP contribution in [0.25, 0.3) is 0 Å². The summed E-state index contributed by atoms with van der Waals surface area (Å²) >= 11 is 0. The predicted octanol–water partition coefficient (Wildman–Crippen LogP) is 0.250. The smallest absolute Gasteiger partial charge is 0.238 e. The highest BCUT2D eigenvalue weighted by atomic mass is 16.1. The minimum Gasteiger partial charge on any atom is -0.368 e. The van der Waals surface area contributed by atoms with E-state index in [0.29, 0.717) is 5.92 Å². The Kier molecular flexibility index (Phi) is 1.65. The molecule has 3 N–H and O–H groups in total. The van der Waals surface area contributed by atoms with Crippen molar-refractivity contribution >= 4 is 5.91 Å². The summed E-state index contributed by atoms with van der Waals surface area (Å²) < 4.78 is 0. The first kappa shape index (κ1) is 8.05. The Hall–Kier alpha value is -0.570. The van der Waals surface area contributed by atoms with Crippen molar-refractivity contribution in [2.24, 2.45) is 17.6 Å². The lowest BCUT2D eigenvalue weighted by molar-refractivity contribution is -0.125. The van der Waals surface area contributed by atoms with E-state index in [9.17, 15) is 4.79 Å². The van der Waals surface area contributed by atoms with Gasteiger partial charge in [-0.15, -0.1) is 0 Å². The van der Waals surface area contributed by atoms with E-state index in [0.717, 1.165) is 18.9 Å². The fourth-order valence-electron chi connectivity index (χ4n) is 2.70. The van der Waals surface area contributed by atoms with Crippen LogP contribution in [-0.2, 0) is 4.79 Å². The number of fused-ring (bicyclic) bond motifs is 1. The lowest BCUT2D eigenvalue weighted by Crippen LogP contribution is -2.55. The van der Waals surface area contributed by atoms with Crippen LogP contribution in [0.4, 0.5) is 0 Å². The molecule has 0 spiro atoms. The molecule has 68 valence electrons. The van der Waals surface area contributed by atoms with Crippen molar-refractivity contribution in [2.75, 3.05) is 6.54 Å². The largest absolute Gasteiger partial charge is 0.368 e. The molecule has 3 nitrogen and oxygen atoms in total. The summed E-state index contributed by atoms with van der Waals surface area (Å²) in [5.41, 5.74) is 5.10. The first-order chi connectivity index (χ1) is 5.70. The molecule has 0 aliphatic heterocycles. The SMILES string of the molecule is CCNC1(C(N)=O)CCC2CC21. The van der Waals surface area contributed by atoms with E-state index < -0.39 is 0 Å². The maximum absolute atomic E-state index is 11.3. The van der Waals surface area contributed by atoms with Gasteiger partial charge in [0.1, 0.15) is 5.54 Å². The third kappa shape index (κ3) is 0.891. The van der Waals surface area contributed by atoms with Crippen molar-refractivity contribution in [3.05, 3.63) is 0 Å². The second-order valence-corrected chi connectivity index (χ2v) is 4.01. The zero-order valence-electron chi connectivity index (χ0n) is 7.47. The number of rotatable bonds is 3. The van der Waals surface area contributed by atoms with Gasteiger partial charge in [0.25, 0.3) is 0 Å². The van der Waals surface area contributed by atoms with Crippen molar-refractivity contribution < 1.29 is 4.79 Å². The van der Waals surface area contributed by atoms with Crippen LogP contribution in [0.2, 0.25) is 0 Å². The lowest BCUT2D eigenvalue weighted by Gasteiger charge is -2.28. The fraction of sp³-hybridized carbons (Fsp3) is 0.889. The first-order valence-electron chi connectivity index (χ1n) is 4.75. The molecule has 12 heavy (non-hydrogen) atoms. The normalized spacial score (nSPS) is 44.1. The molecule has 2 aliphatic carbocycles. The van der Waals surface area contributed by atoms with Crippen LogP contribution in [0.3, 0.4) is 0 Å². The van der Waals surface area contributed by atoms with E-state index in [4.69, 9.17) is 5.73 Å². The van der Waals surface area contributed by atoms with Gasteiger partial charge in [0, 0.05) is 0 Å². The van der Waals surface area contributed by atoms with E-state index >= 15 is 0 Å². The molecule has 0 aromatic heterocycles. The molecule has 2 aliphatic rings. The third-order valence-corrected chi connectivity index (χ3v) is 3.40. The molecule has 1 amide bonds. The highest BCUT2D eigenvalue weighted by Gasteiger charge is 2.60. The van der Waals surface area contributed by atoms with Crippen LogP contribution in [0.1, 0.15) is 26.2 Å². The number of hydrogen-bond donors (Lipinski definition) is 2. The fourth-order valence-corrected chi connectivity index (χ4v) is 2.70. The van der Waals surface area contributed by atoms with E-state index in [1.165, 1.54) is 12.8 Å². The average Bonchev–Trinajstić information content (AvgIpc) is 2.71. The van der Waals surface area contributed by atoms with E-state index in [1.807, 2.05) is 6.92 Å². The number of carbonyl (C=O) groups is 1. The van der Waals surface area contributed by atoms with E-state index in [-0.39, 0.29) is 11.4 Å². The van der Waals surface area contributed by atoms with Crippen molar-refractivity contribution in [1.29, 1.82) is 0 Å². The van der Waals surface area contributed by atoms with Gasteiger partial charge < -0.3 is 11.1 Å². The Balaban J connectivity index is 2.16. The molecular weight excluding hydrogens is 152 g/mol. The van der Waals surface area contributed by atoms with Gasteiger partial charge in [-0.3, -0.25) is 4.79 Å². The number of nitrogens with one attached hydrogen (secondary N) is 1. The molecule has 3 atom stereocenters. The van der Waals surface area contributed by atoms with Crippen LogP contribution >= 0.6 is 0 Å². The van der Waals surface area contributed by atoms with Gasteiger partial charge in [0.05, 0.1) is 0 Å². The Morgan fingerprint density at radius 1 is 1.75 bits per heavy atom. The van der Waals surface area contributed by atoms with Crippen LogP contribution in [0.15, 0.2) is 0 Å². The van der Waals surface area contributed by atoms with Gasteiger partial charge in [-0.1, -0.05) is 6.92 Å². The number of hydrogen-bond acceptors (Lipinski definition) is 2. The number of nitrogens with two attached hydrogens (primary N) is 1. The number of amides is 1. The molecule has 0 bridgehead atoms. The maximum Gasteiger partial charge on any atom is 0.238 e. The highest BCUT2D eigenvalue weighted by molar-refractivity contribution is 5.86. The van der Waals surface area contributed by atoms with Crippen molar-refractivity contribution in [1.82, 2.24) is 5.32 Å². The van der Waals surface area contributed by atoms with Crippen LogP contribution in [0, 0.1) is 11.8 Å². The summed E-state index contributed by atoms with van der Waals surface area (Å²) in [7, 11) is 0. The molecule has 2 rings (SSSR count). The quantitative estimate of drug-likeness (QED) is 0.634. The van der Waals surface area contributed by atoms with Gasteiger partial charge in [-0.05, 0) is 37.6 Å². The predicted molar refractivity (Wildman–Crippen MR) is 46.4 cm³/mol. The standard InChI is InChI=1S/C9H16N2O/c1-2-11-9(8(10)12)4-3-6-5-7(6)9/h6-7,11H,2-5H2,1H3,(H2,10,12). The molecular formula is C9H16N2O. The minimum atomic E-state index is -0.334. The second kappa shape index (κ2) is 2.46. The van der Waals surface area contributed by atoms with Crippen LogP contribution < -0.4 is 11.1 Å². The van der Waals surface area contributed by atoms with E-state index in [2.05, 4.69) is 5.32 Å². The van der Waals surface area contributed by atoms with Gasteiger partial charge in [0.15, 0.2) is 0 Å². The Morgan fingerprint density at radius 3 is 2.83 bits per heavy atom. The van der Waals surface area contributed by atoms with E-state index in [1.54, 1.807) is 0 Å². The molecule has 3 heteroatoms. The monoisotopic (exact) mass is 168 g/mol. The zero-order chi connectivity index (χ0) is 8.77. The summed E-state index contributed by atoms with van der Waals surface area (Å²) in [5.74, 6) is 1.20. The molecule has 0 radical (unpaired) electrons. The third-order valence-electron chi connectivity index (χ3n) is 3.40. The molecule has 0 heterocycles. The van der Waals surface area contributed by atoms with Gasteiger partial charge in [-0.2, -0.15) is 0 Å². The first-order valence-corrected chi connectivity index (χ1v) is 4.75. The topological polar surface area (TPSA) is 55.1 Å². The Bertz CT molecular complexity index is 217. The van der Waals surface area contributed by atoms with Gasteiger partial charge >= 0.3 is 0 Å². The molecule has 0 aromatic rings.